The second-order valence-corrected chi connectivity index (χ2v) is 6.05. The van der Waals surface area contributed by atoms with E-state index in [2.05, 4.69) is 15.5 Å². The van der Waals surface area contributed by atoms with Crippen molar-refractivity contribution in [3.8, 4) is 17.3 Å². The normalized spacial score (nSPS) is 11.1. The number of hydrogen-bond donors (Lipinski definition) is 2. The lowest BCUT2D eigenvalue weighted by molar-refractivity contribution is -0.117. The van der Waals surface area contributed by atoms with Crippen LogP contribution in [0, 0.1) is 24.1 Å². The number of aromatic nitrogens is 2. The zero-order valence-electron chi connectivity index (χ0n) is 14.7. The number of benzene rings is 2. The fourth-order valence-electron chi connectivity index (χ4n) is 2.54. The Kier molecular flexibility index (Phi) is 5.43. The zero-order chi connectivity index (χ0) is 19.2. The van der Waals surface area contributed by atoms with Crippen LogP contribution in [-0.2, 0) is 11.3 Å². The van der Waals surface area contributed by atoms with Gasteiger partial charge in [-0.15, -0.1) is 0 Å². The highest BCUT2D eigenvalue weighted by atomic mass is 19.1. The molecule has 1 heterocycles. The summed E-state index contributed by atoms with van der Waals surface area (Å²) in [5.74, 6) is -0.812. The Morgan fingerprint density at radius 2 is 1.93 bits per heavy atom. The summed E-state index contributed by atoms with van der Waals surface area (Å²) in [5.41, 5.74) is 3.93. The third-order valence-electron chi connectivity index (χ3n) is 4.04. The smallest absolute Gasteiger partial charge is 0.262 e. The van der Waals surface area contributed by atoms with E-state index in [4.69, 9.17) is 0 Å². The number of halogens is 1. The van der Waals surface area contributed by atoms with Gasteiger partial charge >= 0.3 is 0 Å². The quantitative estimate of drug-likeness (QED) is 0.537. The number of nitrogens with one attached hydrogen (secondary N) is 2. The van der Waals surface area contributed by atoms with Gasteiger partial charge in [0.2, 0.25) is 0 Å². The molecule has 0 aliphatic rings. The van der Waals surface area contributed by atoms with Crippen molar-refractivity contribution in [2.45, 2.75) is 13.5 Å². The predicted molar refractivity (Wildman–Crippen MR) is 101 cm³/mol. The first-order chi connectivity index (χ1) is 13.1. The minimum Gasteiger partial charge on any atom is -0.347 e. The summed E-state index contributed by atoms with van der Waals surface area (Å²) in [5, 5.41) is 18.9. The Bertz CT molecular complexity index is 1010. The minimum atomic E-state index is -0.468. The van der Waals surface area contributed by atoms with E-state index in [-0.39, 0.29) is 11.4 Å². The van der Waals surface area contributed by atoms with Gasteiger partial charge in [0.1, 0.15) is 17.5 Å². The molecule has 1 amide bonds. The second-order valence-electron chi connectivity index (χ2n) is 6.05. The van der Waals surface area contributed by atoms with E-state index in [1.54, 1.807) is 12.1 Å². The lowest BCUT2D eigenvalue weighted by Crippen LogP contribution is -2.23. The number of nitriles is 1. The molecular formula is C21H17FN4O. The molecule has 5 nitrogen and oxygen atoms in total. The lowest BCUT2D eigenvalue weighted by atomic mass is 10.1. The van der Waals surface area contributed by atoms with Crippen LogP contribution in [0.4, 0.5) is 4.39 Å². The van der Waals surface area contributed by atoms with Crippen molar-refractivity contribution >= 4 is 12.0 Å². The molecule has 0 saturated heterocycles. The molecule has 3 aromatic rings. The topological polar surface area (TPSA) is 81.6 Å². The highest BCUT2D eigenvalue weighted by molar-refractivity contribution is 6.02. The number of aryl methyl sites for hydroxylation is 1. The molecular weight excluding hydrogens is 343 g/mol. The van der Waals surface area contributed by atoms with Crippen LogP contribution in [0.25, 0.3) is 17.3 Å². The molecule has 0 aliphatic heterocycles. The fraction of sp³-hybridized carbons (Fsp3) is 0.0952. The molecule has 0 fully saturated rings. The van der Waals surface area contributed by atoms with E-state index in [0.29, 0.717) is 23.4 Å². The predicted octanol–water partition coefficient (Wildman–Crippen LogP) is 3.75. The molecule has 2 N–H and O–H groups in total. The summed E-state index contributed by atoms with van der Waals surface area (Å²) in [6.45, 7) is 2.32. The van der Waals surface area contributed by atoms with Gasteiger partial charge in [0.25, 0.3) is 5.91 Å². The van der Waals surface area contributed by atoms with Crippen molar-refractivity contribution in [1.82, 2.24) is 15.5 Å². The SMILES string of the molecule is Cc1ccc(CNC(=O)/C(C#N)=C/c2cn[nH]c2-c2ccc(F)cc2)cc1. The van der Waals surface area contributed by atoms with Crippen molar-refractivity contribution in [2.75, 3.05) is 0 Å². The van der Waals surface area contributed by atoms with E-state index in [1.165, 1.54) is 24.4 Å². The monoisotopic (exact) mass is 360 g/mol. The molecule has 0 unspecified atom stereocenters. The van der Waals surface area contributed by atoms with E-state index in [9.17, 15) is 14.4 Å². The number of aromatic amines is 1. The molecule has 27 heavy (non-hydrogen) atoms. The Morgan fingerprint density at radius 3 is 2.59 bits per heavy atom. The molecule has 2 aromatic carbocycles. The van der Waals surface area contributed by atoms with Crippen molar-refractivity contribution < 1.29 is 9.18 Å². The Labute approximate surface area is 156 Å². The number of nitrogens with zero attached hydrogens (tertiary/aromatic N) is 2. The Balaban J connectivity index is 1.77. The van der Waals surface area contributed by atoms with Crippen LogP contribution in [0.1, 0.15) is 16.7 Å². The van der Waals surface area contributed by atoms with Gasteiger partial charge < -0.3 is 5.32 Å². The van der Waals surface area contributed by atoms with Crippen LogP contribution in [-0.4, -0.2) is 16.1 Å². The van der Waals surface area contributed by atoms with Crippen molar-refractivity contribution in [1.29, 1.82) is 5.26 Å². The summed E-state index contributed by atoms with van der Waals surface area (Å²) in [7, 11) is 0. The maximum absolute atomic E-state index is 13.1. The van der Waals surface area contributed by atoms with Gasteiger partial charge in [-0.25, -0.2) is 4.39 Å². The van der Waals surface area contributed by atoms with Gasteiger partial charge in [-0.2, -0.15) is 10.4 Å². The number of carbonyl (C=O) groups excluding carboxylic acids is 1. The standard InChI is InChI=1S/C21H17FN4O/c1-14-2-4-15(5-3-14)12-24-21(27)17(11-23)10-18-13-25-26-20(18)16-6-8-19(22)9-7-16/h2-10,13H,12H2,1H3,(H,24,27)(H,25,26)/b17-10+. The molecule has 0 saturated carbocycles. The lowest BCUT2D eigenvalue weighted by Gasteiger charge is -2.05. The first-order valence-electron chi connectivity index (χ1n) is 8.31. The van der Waals surface area contributed by atoms with E-state index in [1.807, 2.05) is 37.3 Å². The Hall–Kier alpha value is -3.72. The third kappa shape index (κ3) is 4.47. The average molecular weight is 360 g/mol. The van der Waals surface area contributed by atoms with Gasteiger partial charge in [-0.05, 0) is 42.8 Å². The molecule has 0 radical (unpaired) electrons. The summed E-state index contributed by atoms with van der Waals surface area (Å²) in [4.78, 5) is 12.4. The molecule has 0 aliphatic carbocycles. The van der Waals surface area contributed by atoms with Crippen LogP contribution >= 0.6 is 0 Å². The van der Waals surface area contributed by atoms with E-state index < -0.39 is 5.91 Å². The second kappa shape index (κ2) is 8.11. The molecule has 134 valence electrons. The van der Waals surface area contributed by atoms with Gasteiger partial charge in [0.15, 0.2) is 0 Å². The summed E-state index contributed by atoms with van der Waals surface area (Å²) >= 11 is 0. The highest BCUT2D eigenvalue weighted by Gasteiger charge is 2.12. The summed E-state index contributed by atoms with van der Waals surface area (Å²) < 4.78 is 13.1. The number of carbonyl (C=O) groups is 1. The first-order valence-corrected chi connectivity index (χ1v) is 8.31. The van der Waals surface area contributed by atoms with Crippen LogP contribution in [0.15, 0.2) is 60.3 Å². The number of hydrogen-bond acceptors (Lipinski definition) is 3. The fourth-order valence-corrected chi connectivity index (χ4v) is 2.54. The number of amides is 1. The van der Waals surface area contributed by atoms with E-state index >= 15 is 0 Å². The van der Waals surface area contributed by atoms with Gasteiger partial charge in [0, 0.05) is 17.7 Å². The van der Waals surface area contributed by atoms with Crippen molar-refractivity contribution in [3.63, 3.8) is 0 Å². The summed E-state index contributed by atoms with van der Waals surface area (Å²) in [6.07, 6.45) is 2.98. The van der Waals surface area contributed by atoms with Crippen molar-refractivity contribution in [2.24, 2.45) is 0 Å². The minimum absolute atomic E-state index is 0.0353. The molecule has 6 heteroatoms. The average Bonchev–Trinajstić information content (AvgIpc) is 3.14. The molecule has 3 rings (SSSR count). The number of rotatable bonds is 5. The zero-order valence-corrected chi connectivity index (χ0v) is 14.7. The van der Waals surface area contributed by atoms with Gasteiger partial charge in [-0.1, -0.05) is 29.8 Å². The highest BCUT2D eigenvalue weighted by Crippen LogP contribution is 2.23. The van der Waals surface area contributed by atoms with E-state index in [0.717, 1.165) is 11.1 Å². The Morgan fingerprint density at radius 1 is 1.22 bits per heavy atom. The van der Waals surface area contributed by atoms with Crippen LogP contribution in [0.3, 0.4) is 0 Å². The molecule has 0 spiro atoms. The molecule has 1 aromatic heterocycles. The van der Waals surface area contributed by atoms with Crippen molar-refractivity contribution in [3.05, 3.63) is 82.8 Å². The van der Waals surface area contributed by atoms with Crippen LogP contribution in [0.2, 0.25) is 0 Å². The van der Waals surface area contributed by atoms with Crippen LogP contribution in [0.5, 0.6) is 0 Å². The first kappa shape index (κ1) is 18.1. The maximum Gasteiger partial charge on any atom is 0.262 e. The van der Waals surface area contributed by atoms with Gasteiger partial charge in [0.05, 0.1) is 11.9 Å². The third-order valence-corrected chi connectivity index (χ3v) is 4.04. The largest absolute Gasteiger partial charge is 0.347 e. The molecule has 0 bridgehead atoms. The molecule has 0 atom stereocenters. The summed E-state index contributed by atoms with van der Waals surface area (Å²) in [6, 6.07) is 15.6. The van der Waals surface area contributed by atoms with Crippen LogP contribution < -0.4 is 5.32 Å². The maximum atomic E-state index is 13.1. The number of H-pyrrole nitrogens is 1. The van der Waals surface area contributed by atoms with Gasteiger partial charge in [-0.3, -0.25) is 9.89 Å².